The summed E-state index contributed by atoms with van der Waals surface area (Å²) in [7, 11) is 1.47. The Morgan fingerprint density at radius 2 is 1.88 bits per heavy atom. The van der Waals surface area contributed by atoms with Crippen LogP contribution in [-0.4, -0.2) is 18.3 Å². The minimum Gasteiger partial charge on any atom is -0.489 e. The van der Waals surface area contributed by atoms with Crippen molar-refractivity contribution in [1.29, 1.82) is 0 Å². The molecule has 0 aromatic heterocycles. The highest BCUT2D eigenvalue weighted by Gasteiger charge is 2.18. The number of nitrogens with one attached hydrogen (secondary N) is 1. The van der Waals surface area contributed by atoms with Crippen LogP contribution in [0.3, 0.4) is 0 Å². The van der Waals surface area contributed by atoms with Gasteiger partial charge in [-0.15, -0.1) is 0 Å². The monoisotopic (exact) mass is 440 g/mol. The predicted octanol–water partition coefficient (Wildman–Crippen LogP) is 4.33. The quantitative estimate of drug-likeness (QED) is 0.423. The number of ether oxygens (including phenoxy) is 1. The molecule has 2 N–H and O–H groups in total. The van der Waals surface area contributed by atoms with Gasteiger partial charge in [0.2, 0.25) is 0 Å². The zero-order valence-electron chi connectivity index (χ0n) is 14.2. The van der Waals surface area contributed by atoms with E-state index < -0.39 is 6.03 Å². The Labute approximate surface area is 155 Å². The fraction of sp³-hybridized carbons (Fsp3) is 0.278. The van der Waals surface area contributed by atoms with Crippen molar-refractivity contribution in [2.45, 2.75) is 27.4 Å². The second-order valence-corrected chi connectivity index (χ2v) is 6.76. The van der Waals surface area contributed by atoms with E-state index in [9.17, 15) is 10.0 Å². The van der Waals surface area contributed by atoms with Crippen LogP contribution in [0.15, 0.2) is 30.3 Å². The van der Waals surface area contributed by atoms with E-state index in [4.69, 9.17) is 4.74 Å². The minimum absolute atomic E-state index is 0.256. The summed E-state index contributed by atoms with van der Waals surface area (Å²) in [5.74, 6) is 0.799. The number of hydrogen-bond donors (Lipinski definition) is 2. The fourth-order valence-corrected chi connectivity index (χ4v) is 2.98. The molecule has 24 heavy (non-hydrogen) atoms. The zero-order chi connectivity index (χ0) is 17.9. The molecule has 2 aromatic rings. The standard InChI is InChI=1S/C18H21IN2O3/c1-11-8-13(3)17(9-12(11)2)24-10-14-15(19)6-5-7-16(14)21(23)18(22)20-4/h5-9,23H,10H2,1-4H3,(H,20,22). The summed E-state index contributed by atoms with van der Waals surface area (Å²) in [5.41, 5.74) is 4.59. The van der Waals surface area contributed by atoms with E-state index >= 15 is 0 Å². The molecule has 2 rings (SSSR count). The number of rotatable bonds is 4. The van der Waals surface area contributed by atoms with Gasteiger partial charge in [-0.3, -0.25) is 5.21 Å². The summed E-state index contributed by atoms with van der Waals surface area (Å²) in [5, 5.41) is 13.1. The zero-order valence-corrected chi connectivity index (χ0v) is 16.3. The average Bonchev–Trinajstić information content (AvgIpc) is 2.56. The predicted molar refractivity (Wildman–Crippen MR) is 103 cm³/mol. The lowest BCUT2D eigenvalue weighted by Gasteiger charge is -2.20. The Balaban J connectivity index is 2.30. The summed E-state index contributed by atoms with van der Waals surface area (Å²) < 4.78 is 6.88. The first kappa shape index (κ1) is 18.5. The van der Waals surface area contributed by atoms with E-state index in [1.807, 2.05) is 26.0 Å². The van der Waals surface area contributed by atoms with Crippen molar-refractivity contribution in [3.05, 3.63) is 56.2 Å². The van der Waals surface area contributed by atoms with Gasteiger partial charge < -0.3 is 10.1 Å². The minimum atomic E-state index is -0.597. The SMILES string of the molecule is CNC(=O)N(O)c1cccc(I)c1COc1cc(C)c(C)cc1C. The Bertz CT molecular complexity index is 762. The first-order chi connectivity index (χ1) is 11.3. The third-order valence-electron chi connectivity index (χ3n) is 3.89. The van der Waals surface area contributed by atoms with Gasteiger partial charge in [0.15, 0.2) is 0 Å². The molecule has 0 fully saturated rings. The maximum atomic E-state index is 11.7. The smallest absolute Gasteiger partial charge is 0.345 e. The number of carbonyl (C=O) groups is 1. The normalized spacial score (nSPS) is 10.4. The van der Waals surface area contributed by atoms with Crippen LogP contribution in [0.4, 0.5) is 10.5 Å². The van der Waals surface area contributed by atoms with Crippen molar-refractivity contribution in [2.24, 2.45) is 0 Å². The number of benzene rings is 2. The molecule has 0 aliphatic heterocycles. The van der Waals surface area contributed by atoms with Gasteiger partial charge in [-0.25, -0.2) is 4.79 Å². The molecule has 0 heterocycles. The van der Waals surface area contributed by atoms with Crippen LogP contribution < -0.4 is 15.1 Å². The van der Waals surface area contributed by atoms with Crippen molar-refractivity contribution < 1.29 is 14.7 Å². The molecule has 2 aromatic carbocycles. The molecule has 5 nitrogen and oxygen atoms in total. The van der Waals surface area contributed by atoms with Crippen LogP contribution >= 0.6 is 22.6 Å². The number of aryl methyl sites for hydroxylation is 3. The maximum absolute atomic E-state index is 11.7. The number of halogens is 1. The largest absolute Gasteiger partial charge is 0.489 e. The Morgan fingerprint density at radius 3 is 2.54 bits per heavy atom. The number of hydroxylamine groups is 1. The van der Waals surface area contributed by atoms with Crippen LogP contribution in [0.25, 0.3) is 0 Å². The molecular formula is C18H21IN2O3. The number of carbonyl (C=O) groups excluding carboxylic acids is 1. The van der Waals surface area contributed by atoms with Gasteiger partial charge in [0, 0.05) is 16.2 Å². The summed E-state index contributed by atoms with van der Waals surface area (Å²) in [6.45, 7) is 6.37. The van der Waals surface area contributed by atoms with Gasteiger partial charge in [-0.1, -0.05) is 12.1 Å². The maximum Gasteiger partial charge on any atom is 0.345 e. The Morgan fingerprint density at radius 1 is 1.21 bits per heavy atom. The molecule has 0 saturated carbocycles. The molecule has 0 unspecified atom stereocenters. The molecule has 2 amide bonds. The molecular weight excluding hydrogens is 419 g/mol. The van der Waals surface area contributed by atoms with Gasteiger partial charge in [0.05, 0.1) is 5.69 Å². The van der Waals surface area contributed by atoms with Gasteiger partial charge in [-0.05, 0) is 78.3 Å². The number of anilines is 1. The van der Waals surface area contributed by atoms with E-state index in [2.05, 4.69) is 40.9 Å². The van der Waals surface area contributed by atoms with Crippen molar-refractivity contribution >= 4 is 34.3 Å². The third-order valence-corrected chi connectivity index (χ3v) is 4.90. The molecule has 0 spiro atoms. The molecule has 0 aliphatic rings. The van der Waals surface area contributed by atoms with Crippen molar-refractivity contribution in [3.8, 4) is 5.75 Å². The molecule has 0 aliphatic carbocycles. The highest BCUT2D eigenvalue weighted by Crippen LogP contribution is 2.28. The first-order valence-electron chi connectivity index (χ1n) is 7.54. The van der Waals surface area contributed by atoms with Gasteiger partial charge in [0.25, 0.3) is 0 Å². The topological polar surface area (TPSA) is 61.8 Å². The number of hydrogen-bond acceptors (Lipinski definition) is 3. The van der Waals surface area contributed by atoms with Crippen molar-refractivity contribution in [1.82, 2.24) is 5.32 Å². The number of urea groups is 1. The molecule has 0 radical (unpaired) electrons. The third kappa shape index (κ3) is 3.99. The molecule has 6 heteroatoms. The van der Waals surface area contributed by atoms with Crippen LogP contribution in [-0.2, 0) is 6.61 Å². The van der Waals surface area contributed by atoms with Gasteiger partial charge in [-0.2, -0.15) is 5.06 Å². The lowest BCUT2D eigenvalue weighted by Crippen LogP contribution is -2.36. The second-order valence-electron chi connectivity index (χ2n) is 5.60. The summed E-state index contributed by atoms with van der Waals surface area (Å²) in [6, 6.07) is 8.88. The molecule has 0 saturated heterocycles. The molecule has 128 valence electrons. The Hall–Kier alpha value is -1.80. The Kier molecular flexibility index (Phi) is 6.06. The second kappa shape index (κ2) is 7.85. The highest BCUT2D eigenvalue weighted by molar-refractivity contribution is 14.1. The van der Waals surface area contributed by atoms with Crippen LogP contribution in [0.2, 0.25) is 0 Å². The van der Waals surface area contributed by atoms with Gasteiger partial charge in [0.1, 0.15) is 12.4 Å². The summed E-state index contributed by atoms with van der Waals surface area (Å²) in [6.07, 6.45) is 0. The number of amides is 2. The van der Waals surface area contributed by atoms with Crippen molar-refractivity contribution in [3.63, 3.8) is 0 Å². The van der Waals surface area contributed by atoms with Gasteiger partial charge >= 0.3 is 6.03 Å². The van der Waals surface area contributed by atoms with E-state index in [1.54, 1.807) is 12.1 Å². The lowest BCUT2D eigenvalue weighted by atomic mass is 10.1. The van der Waals surface area contributed by atoms with E-state index in [1.165, 1.54) is 12.6 Å². The van der Waals surface area contributed by atoms with E-state index in [-0.39, 0.29) is 6.61 Å². The number of nitrogens with zero attached hydrogens (tertiary/aromatic N) is 1. The van der Waals surface area contributed by atoms with E-state index in [0.717, 1.165) is 26.0 Å². The lowest BCUT2D eigenvalue weighted by molar-refractivity contribution is 0.205. The summed E-state index contributed by atoms with van der Waals surface area (Å²) >= 11 is 2.17. The summed E-state index contributed by atoms with van der Waals surface area (Å²) in [4.78, 5) is 11.7. The van der Waals surface area contributed by atoms with Crippen LogP contribution in [0, 0.1) is 24.3 Å². The van der Waals surface area contributed by atoms with E-state index in [0.29, 0.717) is 10.8 Å². The highest BCUT2D eigenvalue weighted by atomic mass is 127. The van der Waals surface area contributed by atoms with Crippen LogP contribution in [0.1, 0.15) is 22.3 Å². The molecule has 0 atom stereocenters. The van der Waals surface area contributed by atoms with Crippen molar-refractivity contribution in [2.75, 3.05) is 12.1 Å². The van der Waals surface area contributed by atoms with Crippen LogP contribution in [0.5, 0.6) is 5.75 Å². The first-order valence-corrected chi connectivity index (χ1v) is 8.61. The average molecular weight is 440 g/mol. The fourth-order valence-electron chi connectivity index (χ4n) is 2.34. The molecule has 0 bridgehead atoms.